The van der Waals surface area contributed by atoms with Gasteiger partial charge in [0.1, 0.15) is 0 Å². The number of nitrogens with zero attached hydrogens (tertiary/aromatic N) is 3. The molecule has 0 saturated heterocycles. The predicted molar refractivity (Wildman–Crippen MR) is 106 cm³/mol. The summed E-state index contributed by atoms with van der Waals surface area (Å²) in [7, 11) is 0. The maximum atomic E-state index is 13.2. The van der Waals surface area contributed by atoms with Crippen LogP contribution in [0, 0.1) is 6.92 Å². The van der Waals surface area contributed by atoms with E-state index in [1.165, 1.54) is 19.3 Å². The minimum Gasteiger partial charge on any atom is -0.268 e. The third-order valence-electron chi connectivity index (χ3n) is 4.88. The summed E-state index contributed by atoms with van der Waals surface area (Å²) >= 11 is 0. The van der Waals surface area contributed by atoms with E-state index in [1.54, 1.807) is 4.57 Å². The number of anilines is 1. The van der Waals surface area contributed by atoms with Gasteiger partial charge in [0.2, 0.25) is 5.95 Å². The van der Waals surface area contributed by atoms with E-state index in [1.807, 2.05) is 55.5 Å². The van der Waals surface area contributed by atoms with Crippen LogP contribution in [0.3, 0.4) is 0 Å². The Hall–Kier alpha value is -2.95. The average molecular weight is 346 g/mol. The van der Waals surface area contributed by atoms with E-state index in [-0.39, 0.29) is 5.56 Å². The lowest BCUT2D eigenvalue weighted by Crippen LogP contribution is -2.23. The maximum absolute atomic E-state index is 13.2. The standard InChI is InChI=1S/C21H22N4O/c1-15-9-5-8-14-19(15)25-20(26)17-12-6-7-13-18(17)22-21(25)24-23-16-10-3-2-4-11-16/h5-9,12-14H,2-4,10-11H2,1H3,(H,22,24). The Morgan fingerprint density at radius 3 is 2.54 bits per heavy atom. The Morgan fingerprint density at radius 2 is 1.73 bits per heavy atom. The largest absolute Gasteiger partial charge is 0.268 e. The van der Waals surface area contributed by atoms with Crippen molar-refractivity contribution < 1.29 is 0 Å². The molecule has 1 heterocycles. The molecular formula is C21H22N4O. The van der Waals surface area contributed by atoms with Crippen LogP contribution in [0.5, 0.6) is 0 Å². The topological polar surface area (TPSA) is 59.3 Å². The number of rotatable bonds is 3. The van der Waals surface area contributed by atoms with E-state index in [9.17, 15) is 4.79 Å². The van der Waals surface area contributed by atoms with E-state index < -0.39 is 0 Å². The Labute approximate surface area is 152 Å². The third kappa shape index (κ3) is 3.12. The molecule has 0 atom stereocenters. The van der Waals surface area contributed by atoms with Gasteiger partial charge in [-0.15, -0.1) is 0 Å². The lowest BCUT2D eigenvalue weighted by molar-refractivity contribution is 0.665. The van der Waals surface area contributed by atoms with Crippen LogP contribution in [-0.2, 0) is 0 Å². The lowest BCUT2D eigenvalue weighted by atomic mass is 9.99. The molecule has 1 aliphatic rings. The van der Waals surface area contributed by atoms with Gasteiger partial charge in [-0.3, -0.25) is 4.79 Å². The van der Waals surface area contributed by atoms with Gasteiger partial charge < -0.3 is 0 Å². The summed E-state index contributed by atoms with van der Waals surface area (Å²) in [6.45, 7) is 1.99. The van der Waals surface area contributed by atoms with E-state index in [2.05, 4.69) is 15.5 Å². The molecule has 1 saturated carbocycles. The summed E-state index contributed by atoms with van der Waals surface area (Å²) in [4.78, 5) is 17.9. The first-order valence-electron chi connectivity index (χ1n) is 9.13. The molecule has 1 N–H and O–H groups in total. The number of benzene rings is 2. The molecular weight excluding hydrogens is 324 g/mol. The molecule has 0 aliphatic heterocycles. The average Bonchev–Trinajstić information content (AvgIpc) is 2.68. The molecule has 1 fully saturated rings. The summed E-state index contributed by atoms with van der Waals surface area (Å²) in [6.07, 6.45) is 5.64. The number of aromatic nitrogens is 2. The van der Waals surface area contributed by atoms with Crippen LogP contribution in [0.4, 0.5) is 5.95 Å². The van der Waals surface area contributed by atoms with Crippen molar-refractivity contribution in [1.82, 2.24) is 9.55 Å². The Kier molecular flexibility index (Phi) is 4.52. The van der Waals surface area contributed by atoms with E-state index in [0.29, 0.717) is 16.9 Å². The normalized spacial score (nSPS) is 14.4. The Bertz CT molecular complexity index is 1030. The summed E-state index contributed by atoms with van der Waals surface area (Å²) < 4.78 is 1.63. The Balaban J connectivity index is 1.88. The number of aryl methyl sites for hydroxylation is 1. The van der Waals surface area contributed by atoms with Gasteiger partial charge in [-0.2, -0.15) is 5.10 Å². The number of hydrogen-bond acceptors (Lipinski definition) is 4. The minimum atomic E-state index is -0.0868. The van der Waals surface area contributed by atoms with Crippen LogP contribution in [0.15, 0.2) is 58.4 Å². The third-order valence-corrected chi connectivity index (χ3v) is 4.88. The fourth-order valence-electron chi connectivity index (χ4n) is 3.45. The molecule has 2 aromatic carbocycles. The van der Waals surface area contributed by atoms with Crippen LogP contribution in [0.2, 0.25) is 0 Å². The molecule has 0 unspecified atom stereocenters. The summed E-state index contributed by atoms with van der Waals surface area (Å²) in [5.41, 5.74) is 6.65. The van der Waals surface area contributed by atoms with Crippen LogP contribution in [0.1, 0.15) is 37.7 Å². The second-order valence-corrected chi connectivity index (χ2v) is 6.73. The molecule has 1 aliphatic carbocycles. The van der Waals surface area contributed by atoms with Gasteiger partial charge in [-0.25, -0.2) is 15.0 Å². The van der Waals surface area contributed by atoms with Crippen molar-refractivity contribution in [3.63, 3.8) is 0 Å². The van der Waals surface area contributed by atoms with Crippen molar-refractivity contribution in [3.8, 4) is 5.69 Å². The minimum absolute atomic E-state index is 0.0868. The highest BCUT2D eigenvalue weighted by molar-refractivity contribution is 5.85. The van der Waals surface area contributed by atoms with E-state index in [0.717, 1.165) is 29.8 Å². The van der Waals surface area contributed by atoms with Crippen molar-refractivity contribution in [3.05, 3.63) is 64.4 Å². The second-order valence-electron chi connectivity index (χ2n) is 6.73. The van der Waals surface area contributed by atoms with Crippen molar-refractivity contribution in [2.24, 2.45) is 5.10 Å². The quantitative estimate of drug-likeness (QED) is 0.714. The fourth-order valence-corrected chi connectivity index (χ4v) is 3.45. The van der Waals surface area contributed by atoms with Gasteiger partial charge in [-0.05, 0) is 56.4 Å². The van der Waals surface area contributed by atoms with Gasteiger partial charge in [0.25, 0.3) is 5.56 Å². The molecule has 1 aromatic heterocycles. The highest BCUT2D eigenvalue weighted by Crippen LogP contribution is 2.20. The lowest BCUT2D eigenvalue weighted by Gasteiger charge is -2.16. The first-order chi connectivity index (χ1) is 12.7. The Morgan fingerprint density at radius 1 is 1.00 bits per heavy atom. The van der Waals surface area contributed by atoms with Crippen LogP contribution in [-0.4, -0.2) is 15.3 Å². The van der Waals surface area contributed by atoms with E-state index in [4.69, 9.17) is 0 Å². The van der Waals surface area contributed by atoms with Gasteiger partial charge in [-0.1, -0.05) is 36.8 Å². The van der Waals surface area contributed by atoms with E-state index >= 15 is 0 Å². The SMILES string of the molecule is Cc1ccccc1-n1c(NN=C2CCCCC2)nc2ccccc2c1=O. The highest BCUT2D eigenvalue weighted by Gasteiger charge is 2.14. The molecule has 5 nitrogen and oxygen atoms in total. The summed E-state index contributed by atoms with van der Waals surface area (Å²) in [6, 6.07) is 15.3. The van der Waals surface area contributed by atoms with Gasteiger partial charge in [0.05, 0.1) is 16.6 Å². The molecule has 26 heavy (non-hydrogen) atoms. The van der Waals surface area contributed by atoms with Gasteiger partial charge in [0.15, 0.2) is 0 Å². The van der Waals surface area contributed by atoms with Crippen molar-refractivity contribution in [2.75, 3.05) is 5.43 Å². The molecule has 0 spiro atoms. The van der Waals surface area contributed by atoms with Crippen molar-refractivity contribution in [1.29, 1.82) is 0 Å². The maximum Gasteiger partial charge on any atom is 0.267 e. The molecule has 0 bridgehead atoms. The zero-order valence-corrected chi connectivity index (χ0v) is 14.9. The monoisotopic (exact) mass is 346 g/mol. The number of fused-ring (bicyclic) bond motifs is 1. The zero-order chi connectivity index (χ0) is 17.9. The molecule has 3 aromatic rings. The smallest absolute Gasteiger partial charge is 0.267 e. The van der Waals surface area contributed by atoms with Gasteiger partial charge in [0, 0.05) is 5.71 Å². The van der Waals surface area contributed by atoms with Crippen LogP contribution >= 0.6 is 0 Å². The molecule has 132 valence electrons. The molecule has 0 radical (unpaired) electrons. The summed E-state index contributed by atoms with van der Waals surface area (Å²) in [5.74, 6) is 0.459. The molecule has 0 amide bonds. The predicted octanol–water partition coefficient (Wildman–Crippen LogP) is 4.43. The fraction of sp³-hybridized carbons (Fsp3) is 0.286. The first-order valence-corrected chi connectivity index (χ1v) is 9.13. The summed E-state index contributed by atoms with van der Waals surface area (Å²) in [5, 5.41) is 5.16. The highest BCUT2D eigenvalue weighted by atomic mass is 16.1. The van der Waals surface area contributed by atoms with Crippen molar-refractivity contribution in [2.45, 2.75) is 39.0 Å². The van der Waals surface area contributed by atoms with Crippen LogP contribution < -0.4 is 11.0 Å². The number of nitrogens with one attached hydrogen (secondary N) is 1. The molecule has 5 heteroatoms. The van der Waals surface area contributed by atoms with Crippen molar-refractivity contribution >= 4 is 22.6 Å². The zero-order valence-electron chi connectivity index (χ0n) is 14.9. The number of hydrazone groups is 1. The number of hydrogen-bond donors (Lipinski definition) is 1. The first kappa shape index (κ1) is 16.5. The number of para-hydroxylation sites is 2. The molecule has 4 rings (SSSR count). The van der Waals surface area contributed by atoms with Crippen LogP contribution in [0.25, 0.3) is 16.6 Å². The van der Waals surface area contributed by atoms with Gasteiger partial charge >= 0.3 is 0 Å². The second kappa shape index (κ2) is 7.12.